The molecule has 0 amide bonds. The number of rotatable bonds is 4. The van der Waals surface area contributed by atoms with Crippen molar-refractivity contribution >= 4 is 0 Å². The summed E-state index contributed by atoms with van der Waals surface area (Å²) in [5, 5.41) is 29.6. The predicted octanol–water partition coefficient (Wildman–Crippen LogP) is 8.07. The molecule has 0 radical (unpaired) electrons. The number of hydrogen-bond donors (Lipinski definition) is 0. The average Bonchev–Trinajstić information content (AvgIpc) is 2.57. The van der Waals surface area contributed by atoms with E-state index in [1.807, 2.05) is 0 Å². The molecule has 0 aliphatic heterocycles. The Bertz CT molecular complexity index is 160. The topological polar surface area (TPSA) is 113 Å². The van der Waals surface area contributed by atoms with E-state index in [0.717, 1.165) is 0 Å². The van der Waals surface area contributed by atoms with Crippen LogP contribution in [0, 0.1) is 0 Å². The fourth-order valence-corrected chi connectivity index (χ4v) is 1.19. The fraction of sp³-hybridized carbons (Fsp3) is 1.00. The van der Waals surface area contributed by atoms with Gasteiger partial charge in [0, 0.05) is 0 Å². The third kappa shape index (κ3) is 396. The Labute approximate surface area is 256 Å². The van der Waals surface area contributed by atoms with Crippen molar-refractivity contribution in [2.24, 2.45) is 0 Å². The molecular formula is C24H64Hf2N8. The van der Waals surface area contributed by atoms with Gasteiger partial charge in [-0.05, 0) is 0 Å². The second-order valence-corrected chi connectivity index (χ2v) is 7.36. The Balaban J connectivity index is -0.0000000249. The molecule has 8 nitrogen and oxygen atoms in total. The molecule has 0 saturated carbocycles. The molecule has 0 rings (SSSR count). The van der Waals surface area contributed by atoms with Crippen LogP contribution < -0.4 is 0 Å². The van der Waals surface area contributed by atoms with Gasteiger partial charge < -0.3 is 42.5 Å². The van der Waals surface area contributed by atoms with Gasteiger partial charge in [-0.3, -0.25) is 0 Å². The van der Waals surface area contributed by atoms with Gasteiger partial charge in [-0.15, -0.1) is 24.2 Å². The maximum atomic E-state index is 4.28. The van der Waals surface area contributed by atoms with E-state index in [1.54, 1.807) is 84.6 Å². The largest absolute Gasteiger partial charge is 4.00 e. The Hall–Kier alpha value is 1.42. The summed E-state index contributed by atoms with van der Waals surface area (Å²) >= 11 is 0. The Morgan fingerprint density at radius 1 is 0.265 bits per heavy atom. The van der Waals surface area contributed by atoms with Gasteiger partial charge in [0.05, 0.1) is 0 Å². The second-order valence-electron chi connectivity index (χ2n) is 7.36. The van der Waals surface area contributed by atoms with Crippen LogP contribution in [-0.2, 0) is 51.7 Å². The van der Waals surface area contributed by atoms with Crippen LogP contribution in [0.4, 0.5) is 0 Å². The van der Waals surface area contributed by atoms with Gasteiger partial charge in [0.2, 0.25) is 0 Å². The molecule has 34 heavy (non-hydrogen) atoms. The first-order valence-corrected chi connectivity index (χ1v) is 11.0. The summed E-state index contributed by atoms with van der Waals surface area (Å²) in [6.07, 6.45) is 0. The smallest absolute Gasteiger partial charge is 0.668 e. The summed E-state index contributed by atoms with van der Waals surface area (Å²) in [4.78, 5) is 0. The summed E-state index contributed by atoms with van der Waals surface area (Å²) in [5.41, 5.74) is 0. The van der Waals surface area contributed by atoms with Crippen molar-refractivity contribution in [3.63, 3.8) is 0 Å². The molecule has 0 atom stereocenters. The third-order valence-electron chi connectivity index (χ3n) is 1.19. The molecule has 0 fully saturated rings. The molecule has 0 N–H and O–H groups in total. The molecule has 0 aliphatic carbocycles. The van der Waals surface area contributed by atoms with Gasteiger partial charge in [-0.2, -0.15) is 84.6 Å². The molecule has 0 aromatic rings. The van der Waals surface area contributed by atoms with Gasteiger partial charge in [0.25, 0.3) is 0 Å². The molecule has 0 heterocycles. The second kappa shape index (κ2) is 83.8. The molecule has 10 heteroatoms. The van der Waals surface area contributed by atoms with E-state index in [4.69, 9.17) is 0 Å². The van der Waals surface area contributed by atoms with Gasteiger partial charge in [0.1, 0.15) is 0 Å². The van der Waals surface area contributed by atoms with Crippen molar-refractivity contribution in [1.82, 2.24) is 0 Å². The van der Waals surface area contributed by atoms with Crippen molar-refractivity contribution < 1.29 is 51.7 Å². The summed E-state index contributed by atoms with van der Waals surface area (Å²) < 4.78 is 0. The van der Waals surface area contributed by atoms with Crippen LogP contribution in [0.1, 0.15) is 55.4 Å². The van der Waals surface area contributed by atoms with Crippen LogP contribution in [0.3, 0.4) is 0 Å². The predicted molar refractivity (Wildman–Crippen MR) is 159 cm³/mol. The summed E-state index contributed by atoms with van der Waals surface area (Å²) in [7, 11) is 21.0. The zero-order valence-electron chi connectivity index (χ0n) is 26.9. The molecule has 0 saturated heterocycles. The molecule has 0 aliphatic rings. The summed E-state index contributed by atoms with van der Waals surface area (Å²) in [6, 6.07) is 2.00. The first-order valence-electron chi connectivity index (χ1n) is 11.0. The Morgan fingerprint density at radius 2 is 0.324 bits per heavy atom. The normalized spacial score (nSPS) is 7.76. The maximum Gasteiger partial charge on any atom is 4.00 e. The van der Waals surface area contributed by atoms with Crippen LogP contribution in [-0.4, -0.2) is 109 Å². The average molecular weight is 822 g/mol. The first-order chi connectivity index (χ1) is 14.7. The van der Waals surface area contributed by atoms with Crippen LogP contribution in [0.15, 0.2) is 0 Å². The maximum absolute atomic E-state index is 4.28. The van der Waals surface area contributed by atoms with Crippen molar-refractivity contribution in [3.05, 3.63) is 42.5 Å². The van der Waals surface area contributed by atoms with Gasteiger partial charge in [-0.1, -0.05) is 55.4 Å². The monoisotopic (exact) mass is 824 g/mol. The van der Waals surface area contributed by atoms with Crippen LogP contribution in [0.2, 0.25) is 0 Å². The minimum Gasteiger partial charge on any atom is -0.668 e. The Kier molecular flexibility index (Phi) is 160. The van der Waals surface area contributed by atoms with E-state index in [1.165, 1.54) is 0 Å². The van der Waals surface area contributed by atoms with E-state index < -0.39 is 0 Å². The van der Waals surface area contributed by atoms with Gasteiger partial charge >= 0.3 is 51.7 Å². The molecule has 0 aromatic carbocycles. The summed E-state index contributed by atoms with van der Waals surface area (Å²) in [5.74, 6) is 0. The summed E-state index contributed by atoms with van der Waals surface area (Å²) in [6.45, 7) is 16.8. The zero-order valence-corrected chi connectivity index (χ0v) is 34.1. The van der Waals surface area contributed by atoms with Crippen molar-refractivity contribution in [3.8, 4) is 0 Å². The number of nitrogens with zero attached hydrogens (tertiary/aromatic N) is 8. The van der Waals surface area contributed by atoms with Crippen LogP contribution in [0.5, 0.6) is 0 Å². The fourth-order valence-electron chi connectivity index (χ4n) is 1.19. The van der Waals surface area contributed by atoms with Crippen molar-refractivity contribution in [1.29, 1.82) is 0 Å². The molecule has 0 spiro atoms. The van der Waals surface area contributed by atoms with E-state index in [-0.39, 0.29) is 51.7 Å². The molecule has 0 unspecified atom stereocenters. The minimum atomic E-state index is 0. The molecule has 0 bridgehead atoms. The Morgan fingerprint density at radius 3 is 0.324 bits per heavy atom. The zero-order chi connectivity index (χ0) is 28.0. The first kappa shape index (κ1) is 64.9. The van der Waals surface area contributed by atoms with Crippen LogP contribution in [0.25, 0.3) is 42.5 Å². The third-order valence-corrected chi connectivity index (χ3v) is 1.19. The van der Waals surface area contributed by atoms with Crippen molar-refractivity contribution in [2.75, 3.05) is 84.6 Å². The van der Waals surface area contributed by atoms with Crippen LogP contribution >= 0.6 is 0 Å². The van der Waals surface area contributed by atoms with Gasteiger partial charge in [-0.25, -0.2) is 0 Å². The minimum absolute atomic E-state index is 0. The van der Waals surface area contributed by atoms with E-state index >= 15 is 0 Å². The quantitative estimate of drug-likeness (QED) is 0.256. The molecule has 208 valence electrons. The van der Waals surface area contributed by atoms with Crippen molar-refractivity contribution in [2.45, 2.75) is 79.6 Å². The standard InChI is InChI=1S/2C6H14N.6C2H6N.2Hf/c2*1-5(2)7-6(3)4;6*1-3-2;;/h2*5-6H,1-4H3;6*1-2H3;;/q8*-1;2*+4. The molecule has 0 aromatic heterocycles. The molecular weight excluding hydrogens is 757 g/mol. The van der Waals surface area contributed by atoms with Gasteiger partial charge in [0.15, 0.2) is 0 Å². The van der Waals surface area contributed by atoms with E-state index in [2.05, 4.69) is 97.9 Å². The number of hydrogen-bond acceptors (Lipinski definition) is 0. The SMILES string of the molecule is CC(C)[N-]C(C)C.CC(C)[N-]C(C)C.C[N-]C.C[N-]C.C[N-]C.C[N-]C.C[N-]C.C[N-]C.[Hf+4].[Hf+4]. The van der Waals surface area contributed by atoms with E-state index in [0.29, 0.717) is 24.2 Å². The van der Waals surface area contributed by atoms with E-state index in [9.17, 15) is 0 Å².